The van der Waals surface area contributed by atoms with Crippen molar-refractivity contribution >= 4 is 29.3 Å². The lowest BCUT2D eigenvalue weighted by molar-refractivity contribution is 0.0510. The van der Waals surface area contributed by atoms with Gasteiger partial charge in [-0.3, -0.25) is 9.59 Å². The fraction of sp³-hybridized carbons (Fsp3) is 0.333. The molecule has 2 aliphatic rings. The Morgan fingerprint density at radius 2 is 1.69 bits per heavy atom. The van der Waals surface area contributed by atoms with E-state index in [-0.39, 0.29) is 23.9 Å². The van der Waals surface area contributed by atoms with E-state index in [0.29, 0.717) is 24.3 Å². The predicted octanol–water partition coefficient (Wildman–Crippen LogP) is 6.80. The number of ether oxygens (including phenoxy) is 1. The molecule has 1 saturated heterocycles. The average Bonchev–Trinajstić information content (AvgIpc) is 2.99. The minimum absolute atomic E-state index is 0.0396. The lowest BCUT2D eigenvalue weighted by Gasteiger charge is -2.39. The maximum Gasteiger partial charge on any atom is 0.259 e. The summed E-state index contributed by atoms with van der Waals surface area (Å²) in [5, 5.41) is 0. The standard InChI is InChI=1S/C30H32N2O3S/c1-4-35-24-15-12-22(13-16-24)19-31-26-18-23(29(33)32-20(2)8-7-9-21(32)3)14-17-28(26)36-27-11-6-5-10-25(27)30(31)34/h5-6,10-18,20-21H,4,7-9,19H2,1-3H3/t20-,21+. The first-order valence-corrected chi connectivity index (χ1v) is 13.5. The van der Waals surface area contributed by atoms with Gasteiger partial charge in [-0.1, -0.05) is 36.0 Å². The van der Waals surface area contributed by atoms with Crippen molar-refractivity contribution < 1.29 is 14.3 Å². The van der Waals surface area contributed by atoms with Gasteiger partial charge >= 0.3 is 0 Å². The van der Waals surface area contributed by atoms with Gasteiger partial charge in [0, 0.05) is 27.4 Å². The second-order valence-corrected chi connectivity index (χ2v) is 10.7. The maximum atomic E-state index is 13.9. The van der Waals surface area contributed by atoms with E-state index >= 15 is 0 Å². The summed E-state index contributed by atoms with van der Waals surface area (Å²) in [4.78, 5) is 33.2. The van der Waals surface area contributed by atoms with Crippen molar-refractivity contribution in [1.29, 1.82) is 0 Å². The van der Waals surface area contributed by atoms with Gasteiger partial charge in [-0.15, -0.1) is 0 Å². The summed E-state index contributed by atoms with van der Waals surface area (Å²) in [7, 11) is 0. The molecule has 0 radical (unpaired) electrons. The molecule has 3 aromatic rings. The van der Waals surface area contributed by atoms with Crippen molar-refractivity contribution in [2.24, 2.45) is 0 Å². The molecule has 0 unspecified atom stereocenters. The molecule has 2 amide bonds. The topological polar surface area (TPSA) is 49.9 Å². The summed E-state index contributed by atoms with van der Waals surface area (Å²) < 4.78 is 5.59. The Hall–Kier alpha value is -3.25. The monoisotopic (exact) mass is 500 g/mol. The summed E-state index contributed by atoms with van der Waals surface area (Å²) >= 11 is 1.58. The summed E-state index contributed by atoms with van der Waals surface area (Å²) in [6.07, 6.45) is 3.19. The molecule has 0 N–H and O–H groups in total. The number of rotatable bonds is 5. The molecule has 0 aromatic heterocycles. The van der Waals surface area contributed by atoms with Gasteiger partial charge in [-0.2, -0.15) is 0 Å². The molecule has 2 heterocycles. The van der Waals surface area contributed by atoms with E-state index in [0.717, 1.165) is 46.1 Å². The van der Waals surface area contributed by atoms with Crippen molar-refractivity contribution in [2.75, 3.05) is 11.5 Å². The van der Waals surface area contributed by atoms with E-state index in [1.165, 1.54) is 0 Å². The zero-order valence-electron chi connectivity index (χ0n) is 21.1. The van der Waals surface area contributed by atoms with Gasteiger partial charge in [0.1, 0.15) is 5.75 Å². The van der Waals surface area contributed by atoms with Crippen LogP contribution in [0.1, 0.15) is 66.3 Å². The van der Waals surface area contributed by atoms with Crippen LogP contribution in [0.5, 0.6) is 5.75 Å². The Morgan fingerprint density at radius 3 is 2.42 bits per heavy atom. The Labute approximate surface area is 217 Å². The van der Waals surface area contributed by atoms with E-state index < -0.39 is 0 Å². The second-order valence-electron chi connectivity index (χ2n) is 9.59. The number of likely N-dealkylation sites (tertiary alicyclic amines) is 1. The van der Waals surface area contributed by atoms with Crippen LogP contribution >= 0.6 is 11.8 Å². The van der Waals surface area contributed by atoms with E-state index in [1.807, 2.05) is 83.5 Å². The van der Waals surface area contributed by atoms with Crippen LogP contribution in [-0.4, -0.2) is 35.4 Å². The lowest BCUT2D eigenvalue weighted by Crippen LogP contribution is -2.47. The first-order chi connectivity index (χ1) is 17.5. The van der Waals surface area contributed by atoms with Crippen LogP contribution in [0.25, 0.3) is 0 Å². The van der Waals surface area contributed by atoms with Gasteiger partial charge in [0.15, 0.2) is 0 Å². The molecule has 2 atom stereocenters. The molecule has 1 fully saturated rings. The van der Waals surface area contributed by atoms with Crippen molar-refractivity contribution in [2.45, 2.75) is 68.5 Å². The third-order valence-electron chi connectivity index (χ3n) is 7.08. The van der Waals surface area contributed by atoms with Gasteiger partial charge < -0.3 is 14.5 Å². The van der Waals surface area contributed by atoms with E-state index in [1.54, 1.807) is 11.8 Å². The van der Waals surface area contributed by atoms with Crippen LogP contribution in [0.2, 0.25) is 0 Å². The van der Waals surface area contributed by atoms with Crippen LogP contribution in [0.15, 0.2) is 76.5 Å². The molecule has 0 bridgehead atoms. The van der Waals surface area contributed by atoms with Crippen molar-refractivity contribution in [3.8, 4) is 5.75 Å². The molecule has 36 heavy (non-hydrogen) atoms. The first kappa shape index (κ1) is 24.4. The van der Waals surface area contributed by atoms with Crippen LogP contribution in [-0.2, 0) is 6.54 Å². The number of nitrogens with zero attached hydrogens (tertiary/aromatic N) is 2. The highest BCUT2D eigenvalue weighted by atomic mass is 32.2. The molecule has 0 saturated carbocycles. The van der Waals surface area contributed by atoms with Crippen LogP contribution in [0.3, 0.4) is 0 Å². The average molecular weight is 501 g/mol. The molecule has 6 heteroatoms. The summed E-state index contributed by atoms with van der Waals surface area (Å²) in [6, 6.07) is 21.8. The Balaban J connectivity index is 1.54. The minimum atomic E-state index is -0.0601. The fourth-order valence-corrected chi connectivity index (χ4v) is 6.28. The highest BCUT2D eigenvalue weighted by Gasteiger charge is 2.32. The number of hydrogen-bond donors (Lipinski definition) is 0. The van der Waals surface area contributed by atoms with Crippen molar-refractivity contribution in [1.82, 2.24) is 4.90 Å². The number of carbonyl (C=O) groups excluding carboxylic acids is 2. The molecular weight excluding hydrogens is 468 g/mol. The number of amides is 2. The third-order valence-corrected chi connectivity index (χ3v) is 8.22. The fourth-order valence-electron chi connectivity index (χ4n) is 5.22. The van der Waals surface area contributed by atoms with Crippen LogP contribution in [0.4, 0.5) is 5.69 Å². The van der Waals surface area contributed by atoms with Gasteiger partial charge in [0.2, 0.25) is 0 Å². The van der Waals surface area contributed by atoms with Gasteiger partial charge in [-0.05, 0) is 88.1 Å². The maximum absolute atomic E-state index is 13.9. The molecule has 5 rings (SSSR count). The first-order valence-electron chi connectivity index (χ1n) is 12.7. The number of piperidine rings is 1. The zero-order chi connectivity index (χ0) is 25.2. The van der Waals surface area contributed by atoms with Gasteiger partial charge in [0.05, 0.1) is 24.4 Å². The van der Waals surface area contributed by atoms with Crippen LogP contribution in [0, 0.1) is 0 Å². The third kappa shape index (κ3) is 4.74. The summed E-state index contributed by atoms with van der Waals surface area (Å²) in [6.45, 7) is 7.23. The number of anilines is 1. The molecule has 3 aromatic carbocycles. The largest absolute Gasteiger partial charge is 0.494 e. The SMILES string of the molecule is CCOc1ccc(CN2C(=O)c3ccccc3Sc3ccc(C(=O)N4[C@H](C)CCC[C@@H]4C)cc32)cc1. The highest BCUT2D eigenvalue weighted by molar-refractivity contribution is 7.99. The normalized spacial score (nSPS) is 19.4. The zero-order valence-corrected chi connectivity index (χ0v) is 21.9. The molecule has 0 spiro atoms. The summed E-state index contributed by atoms with van der Waals surface area (Å²) in [5.74, 6) is 0.787. The number of hydrogen-bond acceptors (Lipinski definition) is 4. The smallest absolute Gasteiger partial charge is 0.259 e. The number of benzene rings is 3. The van der Waals surface area contributed by atoms with Crippen molar-refractivity contribution in [3.05, 3.63) is 83.4 Å². The Morgan fingerprint density at radius 1 is 0.972 bits per heavy atom. The van der Waals surface area contributed by atoms with Crippen molar-refractivity contribution in [3.63, 3.8) is 0 Å². The Kier molecular flexibility index (Phi) is 7.06. The second kappa shape index (κ2) is 10.4. The number of fused-ring (bicyclic) bond motifs is 2. The minimum Gasteiger partial charge on any atom is -0.494 e. The lowest BCUT2D eigenvalue weighted by atomic mass is 9.96. The number of carbonyl (C=O) groups is 2. The molecule has 2 aliphatic heterocycles. The van der Waals surface area contributed by atoms with Gasteiger partial charge in [0.25, 0.3) is 11.8 Å². The summed E-state index contributed by atoms with van der Waals surface area (Å²) in [5.41, 5.74) is 3.08. The molecule has 186 valence electrons. The van der Waals surface area contributed by atoms with E-state index in [4.69, 9.17) is 4.74 Å². The molecule has 5 nitrogen and oxygen atoms in total. The molecular formula is C30H32N2O3S. The Bertz CT molecular complexity index is 1260. The highest BCUT2D eigenvalue weighted by Crippen LogP contribution is 2.42. The quantitative estimate of drug-likeness (QED) is 0.387. The van der Waals surface area contributed by atoms with Crippen LogP contribution < -0.4 is 9.64 Å². The van der Waals surface area contributed by atoms with Gasteiger partial charge in [-0.25, -0.2) is 0 Å². The molecule has 0 aliphatic carbocycles. The predicted molar refractivity (Wildman–Crippen MR) is 144 cm³/mol. The van der Waals surface area contributed by atoms with E-state index in [9.17, 15) is 9.59 Å². The van der Waals surface area contributed by atoms with E-state index in [2.05, 4.69) is 13.8 Å².